The van der Waals surface area contributed by atoms with Crippen LogP contribution in [0.4, 0.5) is 0 Å². The zero-order valence-electron chi connectivity index (χ0n) is 34.6. The highest BCUT2D eigenvalue weighted by molar-refractivity contribution is 5.71. The predicted molar refractivity (Wildman–Crippen MR) is 219 cm³/mol. The van der Waals surface area contributed by atoms with Gasteiger partial charge in [-0.25, -0.2) is 0 Å². The molecule has 0 aliphatic rings. The molecular formula is C46H84O6. The van der Waals surface area contributed by atoms with E-state index in [1.165, 1.54) is 109 Å². The second-order valence-electron chi connectivity index (χ2n) is 15.0. The Morgan fingerprint density at radius 2 is 0.654 bits per heavy atom. The third-order valence-corrected chi connectivity index (χ3v) is 9.68. The highest BCUT2D eigenvalue weighted by Gasteiger charge is 2.19. The molecule has 0 aromatic heterocycles. The Balaban J connectivity index is 4.38. The molecule has 0 N–H and O–H groups in total. The van der Waals surface area contributed by atoms with Crippen molar-refractivity contribution in [3.63, 3.8) is 0 Å². The average Bonchev–Trinajstić information content (AvgIpc) is 3.14. The first-order chi connectivity index (χ1) is 25.5. The van der Waals surface area contributed by atoms with Crippen LogP contribution in [0.1, 0.15) is 233 Å². The third kappa shape index (κ3) is 39.1. The minimum absolute atomic E-state index is 0.0767. The van der Waals surface area contributed by atoms with Crippen molar-refractivity contribution in [1.82, 2.24) is 0 Å². The van der Waals surface area contributed by atoms with Gasteiger partial charge >= 0.3 is 17.9 Å². The molecule has 1 unspecified atom stereocenters. The lowest BCUT2D eigenvalue weighted by Gasteiger charge is -2.18. The Labute approximate surface area is 322 Å². The smallest absolute Gasteiger partial charge is 0.306 e. The number of carbonyl (C=O) groups excluding carboxylic acids is 3. The molecular weight excluding hydrogens is 648 g/mol. The maximum Gasteiger partial charge on any atom is 0.306 e. The van der Waals surface area contributed by atoms with E-state index in [9.17, 15) is 14.4 Å². The zero-order valence-corrected chi connectivity index (χ0v) is 34.6. The molecule has 0 amide bonds. The molecule has 0 spiro atoms. The van der Waals surface area contributed by atoms with Crippen LogP contribution in [0.15, 0.2) is 24.3 Å². The molecule has 0 aromatic rings. The van der Waals surface area contributed by atoms with E-state index in [-0.39, 0.29) is 31.1 Å². The molecule has 6 nitrogen and oxygen atoms in total. The first-order valence-corrected chi connectivity index (χ1v) is 22.3. The first-order valence-electron chi connectivity index (χ1n) is 22.3. The highest BCUT2D eigenvalue weighted by atomic mass is 16.6. The second-order valence-corrected chi connectivity index (χ2v) is 15.0. The van der Waals surface area contributed by atoms with Gasteiger partial charge in [0.25, 0.3) is 0 Å². The number of ether oxygens (including phenoxy) is 3. The summed E-state index contributed by atoms with van der Waals surface area (Å²) < 4.78 is 16.7. The fraction of sp³-hybridized carbons (Fsp3) is 0.848. The van der Waals surface area contributed by atoms with Crippen LogP contribution in [0, 0.1) is 0 Å². The van der Waals surface area contributed by atoms with Crippen LogP contribution in [0.2, 0.25) is 0 Å². The van der Waals surface area contributed by atoms with E-state index < -0.39 is 6.10 Å². The Hall–Kier alpha value is -2.11. The van der Waals surface area contributed by atoms with Gasteiger partial charge in [0.1, 0.15) is 13.2 Å². The molecule has 0 saturated heterocycles. The topological polar surface area (TPSA) is 78.9 Å². The minimum atomic E-state index is -0.771. The maximum absolute atomic E-state index is 12.7. The summed E-state index contributed by atoms with van der Waals surface area (Å²) in [6.45, 7) is 6.54. The van der Waals surface area contributed by atoms with Gasteiger partial charge in [0, 0.05) is 19.3 Å². The molecule has 304 valence electrons. The lowest BCUT2D eigenvalue weighted by atomic mass is 10.0. The molecule has 52 heavy (non-hydrogen) atoms. The molecule has 0 heterocycles. The van der Waals surface area contributed by atoms with Crippen LogP contribution >= 0.6 is 0 Å². The van der Waals surface area contributed by atoms with Gasteiger partial charge in [-0.05, 0) is 64.2 Å². The lowest BCUT2D eigenvalue weighted by molar-refractivity contribution is -0.167. The van der Waals surface area contributed by atoms with E-state index >= 15 is 0 Å². The summed E-state index contributed by atoms with van der Waals surface area (Å²) in [6.07, 6.45) is 44.4. The Bertz CT molecular complexity index is 850. The fourth-order valence-electron chi connectivity index (χ4n) is 6.24. The average molecular weight is 733 g/mol. The second kappa shape index (κ2) is 41.6. The van der Waals surface area contributed by atoms with Crippen LogP contribution < -0.4 is 0 Å². The number of esters is 3. The SMILES string of the molecule is CCCC/C=C\CCCCCCC(=O)OCC(COC(=O)CCCCCCC/C=C\CCCCC)OC(=O)CCCCCCCCCCCCCC. The Morgan fingerprint density at radius 3 is 1.06 bits per heavy atom. The number of unbranched alkanes of at least 4 members (excludes halogenated alkanes) is 25. The number of carbonyl (C=O) groups is 3. The predicted octanol–water partition coefficient (Wildman–Crippen LogP) is 14.0. The number of rotatable bonds is 40. The van der Waals surface area contributed by atoms with Crippen molar-refractivity contribution in [1.29, 1.82) is 0 Å². The van der Waals surface area contributed by atoms with E-state index in [0.717, 1.165) is 83.5 Å². The Morgan fingerprint density at radius 1 is 0.365 bits per heavy atom. The van der Waals surface area contributed by atoms with Crippen molar-refractivity contribution in [2.24, 2.45) is 0 Å². The molecule has 0 saturated carbocycles. The van der Waals surface area contributed by atoms with Crippen molar-refractivity contribution >= 4 is 17.9 Å². The molecule has 0 bridgehead atoms. The number of hydrogen-bond donors (Lipinski definition) is 0. The molecule has 0 radical (unpaired) electrons. The van der Waals surface area contributed by atoms with Gasteiger partial charge in [0.2, 0.25) is 0 Å². The first kappa shape index (κ1) is 49.9. The molecule has 0 fully saturated rings. The van der Waals surface area contributed by atoms with Gasteiger partial charge < -0.3 is 14.2 Å². The highest BCUT2D eigenvalue weighted by Crippen LogP contribution is 2.14. The summed E-state index contributed by atoms with van der Waals surface area (Å²) >= 11 is 0. The quantitative estimate of drug-likeness (QED) is 0.0270. The molecule has 0 rings (SSSR count). The van der Waals surface area contributed by atoms with E-state index in [1.54, 1.807) is 0 Å². The van der Waals surface area contributed by atoms with Gasteiger partial charge in [-0.15, -0.1) is 0 Å². The summed E-state index contributed by atoms with van der Waals surface area (Å²) in [6, 6.07) is 0. The Kier molecular flexibility index (Phi) is 40.0. The summed E-state index contributed by atoms with van der Waals surface area (Å²) in [7, 11) is 0. The molecule has 1 atom stereocenters. The number of hydrogen-bond acceptors (Lipinski definition) is 6. The largest absolute Gasteiger partial charge is 0.462 e. The molecule has 0 aliphatic heterocycles. The normalized spacial score (nSPS) is 12.1. The van der Waals surface area contributed by atoms with Crippen LogP contribution in [0.25, 0.3) is 0 Å². The summed E-state index contributed by atoms with van der Waals surface area (Å²) in [5.41, 5.74) is 0. The van der Waals surface area contributed by atoms with E-state index in [4.69, 9.17) is 14.2 Å². The van der Waals surface area contributed by atoms with E-state index in [2.05, 4.69) is 45.1 Å². The summed E-state index contributed by atoms with van der Waals surface area (Å²) in [5.74, 6) is -0.896. The van der Waals surface area contributed by atoms with Crippen LogP contribution in [0.3, 0.4) is 0 Å². The standard InChI is InChI=1S/C46H84O6/c1-4-7-10-13-16-19-22-24-27-30-33-36-39-45(48)51-42-43(41-50-44(47)38-35-32-29-26-21-18-15-12-9-6-3)52-46(49)40-37-34-31-28-25-23-20-17-14-11-8-5-2/h15-16,18-19,43H,4-14,17,20-42H2,1-3H3/b18-15-,19-16-. The van der Waals surface area contributed by atoms with Crippen molar-refractivity contribution in [2.45, 2.75) is 239 Å². The maximum atomic E-state index is 12.7. The third-order valence-electron chi connectivity index (χ3n) is 9.68. The van der Waals surface area contributed by atoms with Crippen molar-refractivity contribution in [3.8, 4) is 0 Å². The van der Waals surface area contributed by atoms with Gasteiger partial charge in [-0.3, -0.25) is 14.4 Å². The van der Waals surface area contributed by atoms with Gasteiger partial charge in [-0.2, -0.15) is 0 Å². The molecule has 0 aromatic carbocycles. The fourth-order valence-corrected chi connectivity index (χ4v) is 6.24. The van der Waals surface area contributed by atoms with Gasteiger partial charge in [0.05, 0.1) is 0 Å². The molecule has 0 aliphatic carbocycles. The summed E-state index contributed by atoms with van der Waals surface area (Å²) in [5, 5.41) is 0. The van der Waals surface area contributed by atoms with Crippen molar-refractivity contribution < 1.29 is 28.6 Å². The van der Waals surface area contributed by atoms with Crippen molar-refractivity contribution in [2.75, 3.05) is 13.2 Å². The summed E-state index contributed by atoms with van der Waals surface area (Å²) in [4.78, 5) is 37.6. The van der Waals surface area contributed by atoms with Gasteiger partial charge in [0.15, 0.2) is 6.10 Å². The number of allylic oxidation sites excluding steroid dienone is 4. The zero-order chi connectivity index (χ0) is 38.0. The lowest BCUT2D eigenvalue weighted by Crippen LogP contribution is -2.30. The van der Waals surface area contributed by atoms with E-state index in [1.807, 2.05) is 0 Å². The van der Waals surface area contributed by atoms with Crippen LogP contribution in [-0.2, 0) is 28.6 Å². The van der Waals surface area contributed by atoms with Crippen LogP contribution in [-0.4, -0.2) is 37.2 Å². The van der Waals surface area contributed by atoms with Crippen molar-refractivity contribution in [3.05, 3.63) is 24.3 Å². The van der Waals surface area contributed by atoms with E-state index in [0.29, 0.717) is 19.3 Å². The monoisotopic (exact) mass is 733 g/mol. The van der Waals surface area contributed by atoms with Crippen LogP contribution in [0.5, 0.6) is 0 Å². The minimum Gasteiger partial charge on any atom is -0.462 e. The molecule has 6 heteroatoms. The van der Waals surface area contributed by atoms with Gasteiger partial charge in [-0.1, -0.05) is 173 Å².